The van der Waals surface area contributed by atoms with Gasteiger partial charge in [-0.2, -0.15) is 0 Å². The van der Waals surface area contributed by atoms with Gasteiger partial charge >= 0.3 is 23.9 Å². The topological polar surface area (TPSA) is 308 Å². The summed E-state index contributed by atoms with van der Waals surface area (Å²) in [6.07, 6.45) is 2.06. The number of fused-ring (bicyclic) bond motifs is 2. The fourth-order valence-electron chi connectivity index (χ4n) is 6.19. The lowest BCUT2D eigenvalue weighted by atomic mass is 9.84. The first-order chi connectivity index (χ1) is 29.3. The molecule has 4 amide bonds. The van der Waals surface area contributed by atoms with Crippen LogP contribution in [0.2, 0.25) is 0 Å². The maximum atomic E-state index is 13.4. The number of nitrogens with one attached hydrogen (secondary N) is 3. The third-order valence-electron chi connectivity index (χ3n) is 9.37. The van der Waals surface area contributed by atoms with Crippen molar-refractivity contribution in [1.29, 1.82) is 0 Å². The Kier molecular flexibility index (Phi) is 16.5. The molecule has 4 rings (SSSR count). The van der Waals surface area contributed by atoms with Crippen molar-refractivity contribution in [2.45, 2.75) is 43.8 Å². The van der Waals surface area contributed by atoms with Crippen molar-refractivity contribution in [3.05, 3.63) is 76.9 Å². The number of nitrogens with two attached hydrogens (primary N) is 1. The molecule has 0 saturated heterocycles. The minimum Gasteiger partial charge on any atom is -0.481 e. The third-order valence-corrected chi connectivity index (χ3v) is 10.4. The van der Waals surface area contributed by atoms with Gasteiger partial charge in [0.05, 0.1) is 23.6 Å². The summed E-state index contributed by atoms with van der Waals surface area (Å²) in [5.41, 5.74) is 9.25. The number of ether oxygens (including phenoxy) is 1. The monoisotopic (exact) mass is 877 g/mol. The number of anilines is 2. The van der Waals surface area contributed by atoms with Crippen LogP contribution in [0, 0.1) is 0 Å². The van der Waals surface area contributed by atoms with E-state index in [9.17, 15) is 53.7 Å². The number of aliphatic imine (C=N–C) groups is 1. The van der Waals surface area contributed by atoms with Crippen LogP contribution >= 0.6 is 11.8 Å². The van der Waals surface area contributed by atoms with E-state index in [1.54, 1.807) is 6.08 Å². The zero-order valence-electron chi connectivity index (χ0n) is 34.2. The SMILES string of the molecule is CN(C)c1ccc2c(c1)Oc1cc(N(C)C)ccc1C2=C1C=CC(=NC(=O)CSC[C@H](NC(=O)CN)C(=O)N[C@@H](CCC(=O)O)C(=O)N[C@@H](CCC(=O)O)C(=O)O)C=C1C(=O)O. The molecule has 9 N–H and O–H groups in total. The Bertz CT molecular complexity index is 2210. The second-order valence-corrected chi connectivity index (χ2v) is 15.4. The Morgan fingerprint density at radius 1 is 0.742 bits per heavy atom. The number of rotatable bonds is 20. The van der Waals surface area contributed by atoms with E-state index < -0.39 is 97.9 Å². The van der Waals surface area contributed by atoms with E-state index in [1.165, 1.54) is 12.2 Å². The zero-order chi connectivity index (χ0) is 45.8. The summed E-state index contributed by atoms with van der Waals surface area (Å²) in [6.45, 7) is -0.547. The predicted molar refractivity (Wildman–Crippen MR) is 228 cm³/mol. The second kappa shape index (κ2) is 21.5. The minimum atomic E-state index is -1.68. The van der Waals surface area contributed by atoms with Crippen molar-refractivity contribution in [3.63, 3.8) is 0 Å². The smallest absolute Gasteiger partial charge is 0.336 e. The zero-order valence-corrected chi connectivity index (χ0v) is 35.0. The van der Waals surface area contributed by atoms with Crippen molar-refractivity contribution in [1.82, 2.24) is 16.0 Å². The molecule has 2 aromatic rings. The molecule has 0 radical (unpaired) electrons. The van der Waals surface area contributed by atoms with Gasteiger partial charge in [0.1, 0.15) is 29.6 Å². The third kappa shape index (κ3) is 12.8. The number of allylic oxidation sites excluding steroid dienone is 3. The van der Waals surface area contributed by atoms with Gasteiger partial charge in [-0.1, -0.05) is 6.08 Å². The van der Waals surface area contributed by atoms with E-state index in [2.05, 4.69) is 20.9 Å². The van der Waals surface area contributed by atoms with Crippen LogP contribution in [0.1, 0.15) is 36.8 Å². The first-order valence-electron chi connectivity index (χ1n) is 18.9. The van der Waals surface area contributed by atoms with Crippen LogP contribution in [0.15, 0.2) is 70.8 Å². The number of hydrogen-bond donors (Lipinski definition) is 8. The summed E-state index contributed by atoms with van der Waals surface area (Å²) in [5, 5.41) is 44.8. The molecule has 2 aliphatic rings. The van der Waals surface area contributed by atoms with Crippen LogP contribution in [0.3, 0.4) is 0 Å². The fraction of sp³-hybridized carbons (Fsp3) is 0.341. The summed E-state index contributed by atoms with van der Waals surface area (Å²) >= 11 is 0.845. The number of benzene rings is 2. The molecule has 21 heteroatoms. The van der Waals surface area contributed by atoms with Gasteiger partial charge < -0.3 is 56.6 Å². The molecule has 330 valence electrons. The molecule has 0 fully saturated rings. The number of carbonyl (C=O) groups is 8. The van der Waals surface area contributed by atoms with E-state index in [4.69, 9.17) is 15.6 Å². The fourth-order valence-corrected chi connectivity index (χ4v) is 7.02. The van der Waals surface area contributed by atoms with Gasteiger partial charge in [-0.15, -0.1) is 11.8 Å². The number of carboxylic acids is 4. The molecule has 0 saturated carbocycles. The number of hydrogen-bond acceptors (Lipinski definition) is 13. The van der Waals surface area contributed by atoms with E-state index >= 15 is 0 Å². The van der Waals surface area contributed by atoms with Gasteiger partial charge in [-0.25, -0.2) is 14.6 Å². The van der Waals surface area contributed by atoms with Crippen LogP contribution in [0.4, 0.5) is 11.4 Å². The van der Waals surface area contributed by atoms with Crippen LogP contribution in [-0.2, 0) is 38.4 Å². The van der Waals surface area contributed by atoms with Gasteiger partial charge in [0.2, 0.25) is 17.7 Å². The summed E-state index contributed by atoms with van der Waals surface area (Å²) < 4.78 is 6.35. The summed E-state index contributed by atoms with van der Waals surface area (Å²) in [6, 6.07) is 6.45. The normalized spacial score (nSPS) is 14.8. The Hall–Kier alpha value is -7.00. The van der Waals surface area contributed by atoms with Crippen LogP contribution in [0.5, 0.6) is 11.5 Å². The van der Waals surface area contributed by atoms with Crippen molar-refractivity contribution >= 4 is 81.9 Å². The van der Waals surface area contributed by atoms with Crippen molar-refractivity contribution in [3.8, 4) is 11.5 Å². The van der Waals surface area contributed by atoms with Crippen molar-refractivity contribution < 1.29 is 63.5 Å². The van der Waals surface area contributed by atoms with E-state index in [0.29, 0.717) is 33.8 Å². The largest absolute Gasteiger partial charge is 0.481 e. The van der Waals surface area contributed by atoms with E-state index in [0.717, 1.165) is 23.1 Å². The molecule has 0 spiro atoms. The molecule has 2 aromatic carbocycles. The summed E-state index contributed by atoms with van der Waals surface area (Å²) in [7, 11) is 7.54. The van der Waals surface area contributed by atoms with Crippen LogP contribution in [-0.4, -0.2) is 138 Å². The Morgan fingerprint density at radius 2 is 1.27 bits per heavy atom. The molecule has 1 aliphatic carbocycles. The second-order valence-electron chi connectivity index (χ2n) is 14.3. The molecule has 0 aromatic heterocycles. The Morgan fingerprint density at radius 3 is 1.77 bits per heavy atom. The highest BCUT2D eigenvalue weighted by Crippen LogP contribution is 2.48. The molecule has 1 heterocycles. The first-order valence-corrected chi connectivity index (χ1v) is 20.1. The minimum absolute atomic E-state index is 0.0248. The molecule has 0 bridgehead atoms. The van der Waals surface area contributed by atoms with Crippen molar-refractivity contribution in [2.24, 2.45) is 10.7 Å². The molecular formula is C41H47N7O13S. The van der Waals surface area contributed by atoms with Crippen molar-refractivity contribution in [2.75, 3.05) is 56.0 Å². The molecule has 3 atom stereocenters. The van der Waals surface area contributed by atoms with Gasteiger partial charge in [0.15, 0.2) is 0 Å². The van der Waals surface area contributed by atoms with Gasteiger partial charge in [0.25, 0.3) is 5.91 Å². The molecular weight excluding hydrogens is 831 g/mol. The molecule has 20 nitrogen and oxygen atoms in total. The number of carboxylic acid groups (broad SMARTS) is 4. The quantitative estimate of drug-likeness (QED) is 0.0792. The Balaban J connectivity index is 1.55. The van der Waals surface area contributed by atoms with Gasteiger partial charge in [0, 0.05) is 87.0 Å². The highest BCUT2D eigenvalue weighted by molar-refractivity contribution is 8.00. The Labute approximate surface area is 359 Å². The molecule has 62 heavy (non-hydrogen) atoms. The highest BCUT2D eigenvalue weighted by Gasteiger charge is 2.32. The average molecular weight is 878 g/mol. The maximum Gasteiger partial charge on any atom is 0.336 e. The molecule has 1 aliphatic heterocycles. The van der Waals surface area contributed by atoms with E-state index in [-0.39, 0.29) is 22.8 Å². The van der Waals surface area contributed by atoms with E-state index in [1.807, 2.05) is 74.4 Å². The standard InChI is InChI=1S/C41H47N7O13S/c1-47(2)22-6-9-25-31(16-22)61-32-17-23(48(3)4)7-10-26(32)37(25)24-8-5-21(15-27(24)40(57)58)43-34(50)20-62-19-30(44-33(49)18-42)39(56)45-28(11-13-35(51)52)38(55)46-29(41(59)60)12-14-36(53)54/h5-10,15-17,28-30H,11-14,18-20,42H2,1-4H3,(H,44,49)(H,45,56)(H,46,55)(H,51,52)(H,53,54)(H,57,58)(H,59,60)/t28-,29-,30-/m0/s1. The van der Waals surface area contributed by atoms with Gasteiger partial charge in [-0.3, -0.25) is 28.8 Å². The predicted octanol–water partition coefficient (Wildman–Crippen LogP) is 1.24. The highest BCUT2D eigenvalue weighted by atomic mass is 32.2. The lowest BCUT2D eigenvalue weighted by Crippen LogP contribution is -2.57. The summed E-state index contributed by atoms with van der Waals surface area (Å²) in [4.78, 5) is 106. The number of nitrogens with zero attached hydrogens (tertiary/aromatic N) is 3. The number of aliphatic carboxylic acids is 4. The number of amides is 4. The van der Waals surface area contributed by atoms with Crippen LogP contribution < -0.4 is 36.2 Å². The van der Waals surface area contributed by atoms with Gasteiger partial charge in [-0.05, 0) is 54.8 Å². The van der Waals surface area contributed by atoms with Crippen LogP contribution in [0.25, 0.3) is 5.57 Å². The number of thioether (sulfide) groups is 1. The average Bonchev–Trinajstić information content (AvgIpc) is 3.21. The lowest BCUT2D eigenvalue weighted by molar-refractivity contribution is -0.144. The number of carbonyl (C=O) groups excluding carboxylic acids is 4. The lowest BCUT2D eigenvalue weighted by Gasteiger charge is -2.28. The molecule has 0 unspecified atom stereocenters. The summed E-state index contributed by atoms with van der Waals surface area (Å²) in [5.74, 6) is -8.78. The first kappa shape index (κ1) is 47.7. The maximum absolute atomic E-state index is 13.4.